The Kier molecular flexibility index (Phi) is 3.52. The van der Waals surface area contributed by atoms with Crippen LogP contribution < -0.4 is 16.4 Å². The van der Waals surface area contributed by atoms with E-state index in [2.05, 4.69) is 27.0 Å². The highest BCUT2D eigenvalue weighted by molar-refractivity contribution is 5.45. The minimum absolute atomic E-state index is 0.226. The molecule has 5 nitrogen and oxygen atoms in total. The van der Waals surface area contributed by atoms with Gasteiger partial charge in [0.2, 0.25) is 5.95 Å². The molecule has 1 aliphatic heterocycles. The average molecular weight is 269 g/mol. The summed E-state index contributed by atoms with van der Waals surface area (Å²) in [5, 5.41) is 0. The molecule has 1 aromatic carbocycles. The summed E-state index contributed by atoms with van der Waals surface area (Å²) in [6.07, 6.45) is 1.76. The minimum atomic E-state index is 0.226. The van der Waals surface area contributed by atoms with Gasteiger partial charge in [-0.3, -0.25) is 0 Å². The number of rotatable bonds is 3. The maximum atomic E-state index is 5.95. The van der Waals surface area contributed by atoms with E-state index in [-0.39, 0.29) is 6.04 Å². The predicted octanol–water partition coefficient (Wildman–Crippen LogP) is 1.19. The van der Waals surface area contributed by atoms with Crippen molar-refractivity contribution >= 4 is 11.8 Å². The minimum Gasteiger partial charge on any atom is -0.368 e. The number of hydrogen-bond acceptors (Lipinski definition) is 5. The molecule has 20 heavy (non-hydrogen) atoms. The third kappa shape index (κ3) is 2.88. The fourth-order valence-electron chi connectivity index (χ4n) is 2.56. The van der Waals surface area contributed by atoms with E-state index in [9.17, 15) is 0 Å². The van der Waals surface area contributed by atoms with Gasteiger partial charge in [-0.15, -0.1) is 0 Å². The zero-order valence-electron chi connectivity index (χ0n) is 11.4. The number of nitrogen functional groups attached to an aromatic ring is 1. The topological polar surface area (TPSA) is 81.1 Å². The molecule has 0 saturated carbocycles. The van der Waals surface area contributed by atoms with Crippen molar-refractivity contribution in [3.05, 3.63) is 47.7 Å². The van der Waals surface area contributed by atoms with E-state index in [1.165, 1.54) is 5.56 Å². The van der Waals surface area contributed by atoms with Crippen molar-refractivity contribution in [2.45, 2.75) is 18.9 Å². The highest BCUT2D eigenvalue weighted by atomic mass is 15.2. The van der Waals surface area contributed by atoms with Crippen molar-refractivity contribution in [1.29, 1.82) is 0 Å². The van der Waals surface area contributed by atoms with Crippen molar-refractivity contribution in [2.24, 2.45) is 5.73 Å². The predicted molar refractivity (Wildman–Crippen MR) is 80.5 cm³/mol. The molecular weight excluding hydrogens is 250 g/mol. The molecule has 0 aliphatic carbocycles. The Hall–Kier alpha value is -2.14. The molecule has 5 heteroatoms. The van der Waals surface area contributed by atoms with Crippen LogP contribution in [0.1, 0.15) is 17.7 Å². The second kappa shape index (κ2) is 5.46. The van der Waals surface area contributed by atoms with Crippen LogP contribution in [0.3, 0.4) is 0 Å². The van der Waals surface area contributed by atoms with Gasteiger partial charge >= 0.3 is 0 Å². The van der Waals surface area contributed by atoms with Gasteiger partial charge in [-0.25, -0.2) is 4.98 Å². The lowest BCUT2D eigenvalue weighted by molar-refractivity contribution is 0.751. The van der Waals surface area contributed by atoms with Crippen LogP contribution in [0.15, 0.2) is 36.4 Å². The number of benzene rings is 1. The molecule has 1 aliphatic rings. The monoisotopic (exact) mass is 269 g/mol. The van der Waals surface area contributed by atoms with Crippen LogP contribution in [0.5, 0.6) is 0 Å². The first-order valence-electron chi connectivity index (χ1n) is 6.88. The largest absolute Gasteiger partial charge is 0.368 e. The smallest absolute Gasteiger partial charge is 0.222 e. The van der Waals surface area contributed by atoms with Gasteiger partial charge in [0.15, 0.2) is 0 Å². The summed E-state index contributed by atoms with van der Waals surface area (Å²) in [5.74, 6) is 1.21. The van der Waals surface area contributed by atoms with Gasteiger partial charge in [-0.05, 0) is 12.0 Å². The summed E-state index contributed by atoms with van der Waals surface area (Å²) in [5.41, 5.74) is 13.9. The summed E-state index contributed by atoms with van der Waals surface area (Å²) in [7, 11) is 0. The lowest BCUT2D eigenvalue weighted by Gasteiger charge is -2.17. The first-order valence-corrected chi connectivity index (χ1v) is 6.88. The van der Waals surface area contributed by atoms with Crippen LogP contribution in [0, 0.1) is 0 Å². The van der Waals surface area contributed by atoms with Crippen molar-refractivity contribution in [2.75, 3.05) is 23.7 Å². The van der Waals surface area contributed by atoms with Crippen LogP contribution in [0.25, 0.3) is 0 Å². The van der Waals surface area contributed by atoms with Gasteiger partial charge in [-0.2, -0.15) is 4.98 Å². The molecule has 0 radical (unpaired) electrons. The molecule has 0 bridgehead atoms. The first-order chi connectivity index (χ1) is 9.70. The summed E-state index contributed by atoms with van der Waals surface area (Å²) >= 11 is 0. The van der Waals surface area contributed by atoms with Gasteiger partial charge in [0, 0.05) is 31.6 Å². The van der Waals surface area contributed by atoms with E-state index in [1.54, 1.807) is 0 Å². The zero-order valence-corrected chi connectivity index (χ0v) is 11.4. The molecule has 1 fully saturated rings. The van der Waals surface area contributed by atoms with Gasteiger partial charge in [0.1, 0.15) is 5.82 Å². The van der Waals surface area contributed by atoms with Gasteiger partial charge in [0.25, 0.3) is 0 Å². The Morgan fingerprint density at radius 2 is 2.00 bits per heavy atom. The third-order valence-electron chi connectivity index (χ3n) is 3.56. The summed E-state index contributed by atoms with van der Waals surface area (Å²) in [6, 6.07) is 12.5. The molecule has 1 unspecified atom stereocenters. The molecule has 0 amide bonds. The summed E-state index contributed by atoms with van der Waals surface area (Å²) in [4.78, 5) is 10.8. The van der Waals surface area contributed by atoms with Crippen LogP contribution >= 0.6 is 0 Å². The summed E-state index contributed by atoms with van der Waals surface area (Å²) < 4.78 is 0. The maximum absolute atomic E-state index is 5.95. The molecule has 0 spiro atoms. The van der Waals surface area contributed by atoms with Crippen molar-refractivity contribution in [3.63, 3.8) is 0 Å². The highest BCUT2D eigenvalue weighted by Crippen LogP contribution is 2.20. The van der Waals surface area contributed by atoms with Gasteiger partial charge < -0.3 is 16.4 Å². The van der Waals surface area contributed by atoms with E-state index >= 15 is 0 Å². The first kappa shape index (κ1) is 12.9. The maximum Gasteiger partial charge on any atom is 0.222 e. The van der Waals surface area contributed by atoms with Crippen LogP contribution in [-0.2, 0) is 6.42 Å². The SMILES string of the molecule is Nc1nc(Cc2ccccc2)cc(N2CCC(N)C2)n1. The second-order valence-corrected chi connectivity index (χ2v) is 5.23. The third-order valence-corrected chi connectivity index (χ3v) is 3.56. The Bertz CT molecular complexity index is 584. The molecule has 3 rings (SSSR count). The number of anilines is 2. The fourth-order valence-corrected chi connectivity index (χ4v) is 2.56. The molecule has 1 saturated heterocycles. The molecule has 2 aromatic rings. The van der Waals surface area contributed by atoms with Crippen LogP contribution in [0.4, 0.5) is 11.8 Å². The van der Waals surface area contributed by atoms with Gasteiger partial charge in [-0.1, -0.05) is 30.3 Å². The highest BCUT2D eigenvalue weighted by Gasteiger charge is 2.21. The molecule has 2 heterocycles. The number of aromatic nitrogens is 2. The number of nitrogens with two attached hydrogens (primary N) is 2. The molecular formula is C15H19N5. The van der Waals surface area contributed by atoms with Crippen molar-refractivity contribution in [3.8, 4) is 0 Å². The van der Waals surface area contributed by atoms with Crippen molar-refractivity contribution in [1.82, 2.24) is 9.97 Å². The van der Waals surface area contributed by atoms with E-state index in [4.69, 9.17) is 11.5 Å². The normalized spacial score (nSPS) is 18.4. The quantitative estimate of drug-likeness (QED) is 0.874. The molecule has 1 atom stereocenters. The number of nitrogens with zero attached hydrogens (tertiary/aromatic N) is 3. The Balaban J connectivity index is 1.83. The van der Waals surface area contributed by atoms with E-state index in [0.29, 0.717) is 5.95 Å². The van der Waals surface area contributed by atoms with Crippen molar-refractivity contribution < 1.29 is 0 Å². The Morgan fingerprint density at radius 1 is 1.20 bits per heavy atom. The zero-order chi connectivity index (χ0) is 13.9. The Labute approximate surface area is 118 Å². The van der Waals surface area contributed by atoms with Crippen LogP contribution in [0.2, 0.25) is 0 Å². The fraction of sp³-hybridized carbons (Fsp3) is 0.333. The number of hydrogen-bond donors (Lipinski definition) is 2. The second-order valence-electron chi connectivity index (χ2n) is 5.23. The lowest BCUT2D eigenvalue weighted by Crippen LogP contribution is -2.27. The standard InChI is InChI=1S/C15H19N5/c16-12-6-7-20(10-12)14-9-13(18-15(17)19-14)8-11-4-2-1-3-5-11/h1-5,9,12H,6-8,10,16H2,(H2,17,18,19). The van der Waals surface area contributed by atoms with E-state index < -0.39 is 0 Å². The Morgan fingerprint density at radius 3 is 2.70 bits per heavy atom. The van der Waals surface area contributed by atoms with Crippen LogP contribution in [-0.4, -0.2) is 29.1 Å². The van der Waals surface area contributed by atoms with E-state index in [1.807, 2.05) is 24.3 Å². The molecule has 4 N–H and O–H groups in total. The average Bonchev–Trinajstić information content (AvgIpc) is 2.86. The summed E-state index contributed by atoms with van der Waals surface area (Å²) in [6.45, 7) is 1.77. The van der Waals surface area contributed by atoms with Gasteiger partial charge in [0.05, 0.1) is 5.69 Å². The molecule has 104 valence electrons. The molecule has 1 aromatic heterocycles. The lowest BCUT2D eigenvalue weighted by atomic mass is 10.1. The van der Waals surface area contributed by atoms with E-state index in [0.717, 1.165) is 37.4 Å².